The van der Waals surface area contributed by atoms with Gasteiger partial charge >= 0.3 is 15.4 Å². The molecule has 1 nitrogen and oxygen atoms in total. The molecule has 0 aliphatic carbocycles. The highest BCUT2D eigenvalue weighted by atomic mass is 35.6. The van der Waals surface area contributed by atoms with E-state index < -0.39 is 0 Å². The molecule has 44 valence electrons. The standard InChI is InChI=1S/C4H11N.Al.ClH.2H/c1-3-5-4-2;;;;/h5H,3-4H2,1-2H3;;1H;;/q;+1;;;/p-1. The summed E-state index contributed by atoms with van der Waals surface area (Å²) in [5, 5.41) is 3.11. The molecule has 0 spiro atoms. The Kier molecular flexibility index (Phi) is 24.2. The van der Waals surface area contributed by atoms with E-state index in [4.69, 9.17) is 10.0 Å². The Morgan fingerprint density at radius 3 is 1.57 bits per heavy atom. The van der Waals surface area contributed by atoms with E-state index in [0.29, 0.717) is 0 Å². The summed E-state index contributed by atoms with van der Waals surface area (Å²) in [5.41, 5.74) is 0. The molecular formula is C4H13AlClN. The van der Waals surface area contributed by atoms with Gasteiger partial charge in [0.05, 0.1) is 0 Å². The van der Waals surface area contributed by atoms with E-state index in [1.807, 2.05) is 0 Å². The SMILES string of the molecule is CCNCC.[AlH2][Cl]. The molecule has 0 saturated heterocycles. The number of rotatable bonds is 2. The van der Waals surface area contributed by atoms with Gasteiger partial charge in [0.25, 0.3) is 0 Å². The second kappa shape index (κ2) is 15.9. The van der Waals surface area contributed by atoms with Crippen LogP contribution in [-0.4, -0.2) is 28.5 Å². The maximum absolute atomic E-state index is 4.78. The molecule has 3 heteroatoms. The molecule has 0 fully saturated rings. The maximum atomic E-state index is 4.78. The summed E-state index contributed by atoms with van der Waals surface area (Å²) in [6.07, 6.45) is 0. The lowest BCUT2D eigenvalue weighted by atomic mass is 10.7. The first-order valence-electron chi connectivity index (χ1n) is 2.50. The number of nitrogens with one attached hydrogen (secondary N) is 1. The summed E-state index contributed by atoms with van der Waals surface area (Å²) in [6.45, 7) is 6.39. The van der Waals surface area contributed by atoms with Gasteiger partial charge in [-0.25, -0.2) is 0 Å². The lowest BCUT2D eigenvalue weighted by Gasteiger charge is -1.86. The van der Waals surface area contributed by atoms with Crippen LogP contribution in [0.5, 0.6) is 0 Å². The Bertz CT molecular complexity index is 19.2. The zero-order valence-electron chi connectivity index (χ0n) is 5.29. The summed E-state index contributed by atoms with van der Waals surface area (Å²) >= 11 is 0.778. The number of hydrogen-bond acceptors (Lipinski definition) is 1. The van der Waals surface area contributed by atoms with Gasteiger partial charge in [-0.15, -0.1) is 0 Å². The van der Waals surface area contributed by atoms with Gasteiger partial charge in [-0.1, -0.05) is 13.8 Å². The van der Waals surface area contributed by atoms with Gasteiger partial charge in [-0.3, -0.25) is 10.0 Å². The van der Waals surface area contributed by atoms with Gasteiger partial charge in [-0.2, -0.15) is 0 Å². The lowest BCUT2D eigenvalue weighted by Crippen LogP contribution is -2.09. The quantitative estimate of drug-likeness (QED) is 0.543. The van der Waals surface area contributed by atoms with Crippen molar-refractivity contribution >= 4 is 25.4 Å². The zero-order valence-corrected chi connectivity index (χ0v) is 8.05. The normalized spacial score (nSPS) is 6.71. The second-order valence-electron chi connectivity index (χ2n) is 0.957. The van der Waals surface area contributed by atoms with E-state index in [9.17, 15) is 0 Å². The van der Waals surface area contributed by atoms with E-state index in [1.54, 1.807) is 0 Å². The molecule has 0 rings (SSSR count). The molecule has 0 aliphatic rings. The topological polar surface area (TPSA) is 12.0 Å². The van der Waals surface area contributed by atoms with Crippen molar-refractivity contribution in [3.05, 3.63) is 0 Å². The summed E-state index contributed by atoms with van der Waals surface area (Å²) in [4.78, 5) is 0. The third kappa shape index (κ3) is 20.0. The van der Waals surface area contributed by atoms with Gasteiger partial charge in [-0.05, 0) is 13.1 Å². The van der Waals surface area contributed by atoms with E-state index in [0.717, 1.165) is 28.5 Å². The van der Waals surface area contributed by atoms with Gasteiger partial charge in [0.15, 0.2) is 0 Å². The van der Waals surface area contributed by atoms with Crippen molar-refractivity contribution in [1.29, 1.82) is 0 Å². The molecule has 0 radical (unpaired) electrons. The zero-order chi connectivity index (χ0) is 6.12. The summed E-state index contributed by atoms with van der Waals surface area (Å²) in [7, 11) is 4.78. The van der Waals surface area contributed by atoms with Crippen molar-refractivity contribution in [2.45, 2.75) is 13.8 Å². The first-order valence-corrected chi connectivity index (χ1v) is 5.52. The Morgan fingerprint density at radius 1 is 1.29 bits per heavy atom. The molecular weight excluding hydrogens is 124 g/mol. The first-order chi connectivity index (χ1) is 3.41. The van der Waals surface area contributed by atoms with Crippen LogP contribution < -0.4 is 5.32 Å². The summed E-state index contributed by atoms with van der Waals surface area (Å²) < 4.78 is 0. The fraction of sp³-hybridized carbons (Fsp3) is 1.00. The molecule has 0 heterocycles. The van der Waals surface area contributed by atoms with Gasteiger partial charge in [0, 0.05) is 0 Å². The van der Waals surface area contributed by atoms with Crippen LogP contribution in [-0.2, 0) is 0 Å². The van der Waals surface area contributed by atoms with E-state index >= 15 is 0 Å². The first kappa shape index (κ1) is 10.7. The summed E-state index contributed by atoms with van der Waals surface area (Å²) in [6, 6.07) is 0. The van der Waals surface area contributed by atoms with Crippen molar-refractivity contribution in [2.75, 3.05) is 13.1 Å². The smallest absolute Gasteiger partial charge is 0.317 e. The average Bonchev–Trinajstić information content (AvgIpc) is 1.75. The van der Waals surface area contributed by atoms with Gasteiger partial charge in [0.1, 0.15) is 0 Å². The summed E-state index contributed by atoms with van der Waals surface area (Å²) in [5.74, 6) is 0. The molecule has 0 atom stereocenters. The molecule has 1 N–H and O–H groups in total. The van der Waals surface area contributed by atoms with Crippen molar-refractivity contribution in [3.63, 3.8) is 0 Å². The fourth-order valence-electron chi connectivity index (χ4n) is 0.250. The van der Waals surface area contributed by atoms with Crippen LogP contribution in [0.1, 0.15) is 13.8 Å². The Balaban J connectivity index is 0. The van der Waals surface area contributed by atoms with Crippen molar-refractivity contribution in [1.82, 2.24) is 5.32 Å². The third-order valence-corrected chi connectivity index (χ3v) is 0.500. The Hall–Kier alpha value is 0.782. The minimum atomic E-state index is 0.778. The highest BCUT2D eigenvalue weighted by Crippen LogP contribution is 1.47. The van der Waals surface area contributed by atoms with Crippen molar-refractivity contribution in [3.8, 4) is 0 Å². The Labute approximate surface area is 58.1 Å². The van der Waals surface area contributed by atoms with E-state index in [2.05, 4.69) is 19.2 Å². The van der Waals surface area contributed by atoms with Crippen LogP contribution in [0.25, 0.3) is 0 Å². The number of hydrogen-bond donors (Lipinski definition) is 1. The molecule has 0 saturated carbocycles. The molecule has 0 aromatic heterocycles. The van der Waals surface area contributed by atoms with Crippen molar-refractivity contribution in [2.24, 2.45) is 0 Å². The van der Waals surface area contributed by atoms with Crippen LogP contribution in [0.4, 0.5) is 0 Å². The molecule has 0 amide bonds. The largest absolute Gasteiger partial charge is 0.353 e. The van der Waals surface area contributed by atoms with Crippen LogP contribution >= 0.6 is 10.0 Å². The van der Waals surface area contributed by atoms with Gasteiger partial charge in [0.2, 0.25) is 0 Å². The molecule has 7 heavy (non-hydrogen) atoms. The molecule has 0 aliphatic heterocycles. The van der Waals surface area contributed by atoms with E-state index in [-0.39, 0.29) is 0 Å². The Morgan fingerprint density at radius 2 is 1.57 bits per heavy atom. The lowest BCUT2D eigenvalue weighted by molar-refractivity contribution is 0.762. The van der Waals surface area contributed by atoms with Gasteiger partial charge < -0.3 is 5.32 Å². The van der Waals surface area contributed by atoms with Crippen molar-refractivity contribution < 1.29 is 0 Å². The second-order valence-corrected chi connectivity index (χ2v) is 0.957. The maximum Gasteiger partial charge on any atom is 0.353 e. The van der Waals surface area contributed by atoms with Crippen LogP contribution in [0.2, 0.25) is 0 Å². The fourth-order valence-corrected chi connectivity index (χ4v) is 0.250. The minimum absolute atomic E-state index is 0.778. The van der Waals surface area contributed by atoms with Crippen LogP contribution in [0.3, 0.4) is 0 Å². The molecule has 0 aromatic carbocycles. The number of halogens is 1. The minimum Gasteiger partial charge on any atom is -0.317 e. The highest BCUT2D eigenvalue weighted by Gasteiger charge is 1.62. The highest BCUT2D eigenvalue weighted by molar-refractivity contribution is 6.80. The third-order valence-electron chi connectivity index (χ3n) is 0.500. The molecule has 0 aromatic rings. The predicted octanol–water partition coefficient (Wildman–Crippen LogP) is 0.389. The van der Waals surface area contributed by atoms with E-state index in [1.165, 1.54) is 0 Å². The molecule has 0 unspecified atom stereocenters. The predicted molar refractivity (Wildman–Crippen MR) is 38.6 cm³/mol. The van der Waals surface area contributed by atoms with Crippen LogP contribution in [0.15, 0.2) is 0 Å². The monoisotopic (exact) mass is 137 g/mol. The average molecular weight is 138 g/mol. The van der Waals surface area contributed by atoms with Crippen LogP contribution in [0, 0.1) is 0 Å². The molecule has 0 bridgehead atoms.